The second-order valence-corrected chi connectivity index (χ2v) is 7.87. The molecule has 0 bridgehead atoms. The first kappa shape index (κ1) is 15.4. The average molecular weight is 285 g/mol. The highest BCUT2D eigenvalue weighted by Gasteiger charge is 2.35. The first-order valence-corrected chi connectivity index (χ1v) is 9.74. The maximum atomic E-state index is 12.5. The minimum absolute atomic E-state index is 0.286. The van der Waals surface area contributed by atoms with E-state index in [1.165, 1.54) is 64.2 Å². The summed E-state index contributed by atoms with van der Waals surface area (Å²) in [4.78, 5) is 0. The Bertz CT molecular complexity index is 251. The van der Waals surface area contributed by atoms with Crippen molar-refractivity contribution in [2.24, 2.45) is 0 Å². The summed E-state index contributed by atoms with van der Waals surface area (Å²) in [7, 11) is -1.42. The van der Waals surface area contributed by atoms with Gasteiger partial charge in [-0.05, 0) is 43.1 Å². The lowest BCUT2D eigenvalue weighted by Gasteiger charge is -2.16. The molecule has 0 aromatic heterocycles. The molecule has 2 fully saturated rings. The lowest BCUT2D eigenvalue weighted by Crippen LogP contribution is -2.14. The van der Waals surface area contributed by atoms with E-state index >= 15 is 0 Å². The van der Waals surface area contributed by atoms with E-state index in [-0.39, 0.29) is 6.10 Å². The highest BCUT2D eigenvalue weighted by Crippen LogP contribution is 2.40. The SMILES string of the molecule is O=[P+](OC1CCCCCCC1)C1CCCCCCC1. The van der Waals surface area contributed by atoms with Crippen molar-refractivity contribution in [1.29, 1.82) is 0 Å². The average Bonchev–Trinajstić information content (AvgIpc) is 2.31. The van der Waals surface area contributed by atoms with E-state index in [1.54, 1.807) is 0 Å². The standard InChI is InChI=1S/C16H30O2P/c17-19(16-13-9-5-2-6-10-14-16)18-15-11-7-3-1-4-8-12-15/h15-16H,1-14H2/q+1. The molecular formula is C16H30O2P+. The van der Waals surface area contributed by atoms with Crippen LogP contribution in [-0.2, 0) is 9.09 Å². The Morgan fingerprint density at radius 1 is 0.632 bits per heavy atom. The highest BCUT2D eigenvalue weighted by molar-refractivity contribution is 7.40. The van der Waals surface area contributed by atoms with Crippen molar-refractivity contribution < 1.29 is 9.09 Å². The van der Waals surface area contributed by atoms with Gasteiger partial charge in [0, 0.05) is 0 Å². The fourth-order valence-electron chi connectivity index (χ4n) is 3.40. The van der Waals surface area contributed by atoms with E-state index in [0.717, 1.165) is 25.7 Å². The largest absolute Gasteiger partial charge is 0.511 e. The van der Waals surface area contributed by atoms with Crippen molar-refractivity contribution in [2.45, 2.75) is 102 Å². The van der Waals surface area contributed by atoms with Crippen LogP contribution in [0.4, 0.5) is 0 Å². The Morgan fingerprint density at radius 3 is 1.58 bits per heavy atom. The summed E-state index contributed by atoms with van der Waals surface area (Å²) >= 11 is 0. The summed E-state index contributed by atoms with van der Waals surface area (Å²) in [6.07, 6.45) is 17.9. The van der Waals surface area contributed by atoms with Crippen molar-refractivity contribution in [3.63, 3.8) is 0 Å². The van der Waals surface area contributed by atoms with Crippen molar-refractivity contribution in [2.75, 3.05) is 0 Å². The Labute approximate surface area is 119 Å². The quantitative estimate of drug-likeness (QED) is 0.597. The van der Waals surface area contributed by atoms with Gasteiger partial charge >= 0.3 is 8.03 Å². The van der Waals surface area contributed by atoms with Crippen molar-refractivity contribution in [3.8, 4) is 0 Å². The van der Waals surface area contributed by atoms with Gasteiger partial charge in [0.05, 0.1) is 0 Å². The molecule has 0 radical (unpaired) electrons. The molecule has 0 saturated heterocycles. The lowest BCUT2D eigenvalue weighted by molar-refractivity contribution is 0.174. The van der Waals surface area contributed by atoms with Gasteiger partial charge in [-0.15, -0.1) is 4.52 Å². The van der Waals surface area contributed by atoms with Crippen LogP contribution in [0, 0.1) is 0 Å². The zero-order chi connectivity index (χ0) is 13.3. The second kappa shape index (κ2) is 9.08. The number of hydrogen-bond acceptors (Lipinski definition) is 2. The Kier molecular flexibility index (Phi) is 7.38. The van der Waals surface area contributed by atoms with Crippen LogP contribution >= 0.6 is 8.03 Å². The van der Waals surface area contributed by atoms with E-state index in [9.17, 15) is 4.57 Å². The van der Waals surface area contributed by atoms with Crippen molar-refractivity contribution in [3.05, 3.63) is 0 Å². The summed E-state index contributed by atoms with van der Waals surface area (Å²) in [6.45, 7) is 0. The van der Waals surface area contributed by atoms with Crippen LogP contribution in [0.15, 0.2) is 0 Å². The molecule has 2 nitrogen and oxygen atoms in total. The monoisotopic (exact) mass is 285 g/mol. The van der Waals surface area contributed by atoms with Crippen LogP contribution < -0.4 is 0 Å². The molecule has 0 amide bonds. The molecule has 0 aromatic carbocycles. The normalized spacial score (nSPS) is 26.0. The third-order valence-corrected chi connectivity index (χ3v) is 6.30. The Hall–Kier alpha value is 0.0600. The molecule has 0 N–H and O–H groups in total. The summed E-state index contributed by atoms with van der Waals surface area (Å²) < 4.78 is 18.4. The Balaban J connectivity index is 1.77. The molecule has 3 heteroatoms. The van der Waals surface area contributed by atoms with Gasteiger partial charge in [-0.2, -0.15) is 0 Å². The minimum Gasteiger partial charge on any atom is -0.143 e. The smallest absolute Gasteiger partial charge is 0.143 e. The van der Waals surface area contributed by atoms with E-state index in [2.05, 4.69) is 0 Å². The molecule has 1 unspecified atom stereocenters. The molecule has 0 spiro atoms. The number of rotatable bonds is 3. The van der Waals surface area contributed by atoms with E-state index in [0.29, 0.717) is 5.66 Å². The molecule has 2 aliphatic rings. The zero-order valence-corrected chi connectivity index (χ0v) is 13.2. The first-order valence-electron chi connectivity index (χ1n) is 8.49. The van der Waals surface area contributed by atoms with Gasteiger partial charge in [0.2, 0.25) is 0 Å². The van der Waals surface area contributed by atoms with E-state index in [1.807, 2.05) is 0 Å². The minimum atomic E-state index is -1.42. The molecular weight excluding hydrogens is 255 g/mol. The molecule has 2 saturated carbocycles. The van der Waals surface area contributed by atoms with Crippen LogP contribution in [0.1, 0.15) is 89.9 Å². The third-order valence-electron chi connectivity index (χ3n) is 4.68. The van der Waals surface area contributed by atoms with Gasteiger partial charge in [-0.3, -0.25) is 0 Å². The van der Waals surface area contributed by atoms with Crippen molar-refractivity contribution in [1.82, 2.24) is 0 Å². The third kappa shape index (κ3) is 5.92. The van der Waals surface area contributed by atoms with Gasteiger partial charge in [-0.25, -0.2) is 0 Å². The molecule has 0 aliphatic heterocycles. The van der Waals surface area contributed by atoms with Crippen LogP contribution in [0.2, 0.25) is 0 Å². The highest BCUT2D eigenvalue weighted by atomic mass is 31.1. The van der Waals surface area contributed by atoms with E-state index < -0.39 is 8.03 Å². The van der Waals surface area contributed by atoms with Crippen LogP contribution in [-0.4, -0.2) is 11.8 Å². The Morgan fingerprint density at radius 2 is 1.05 bits per heavy atom. The van der Waals surface area contributed by atoms with Crippen LogP contribution in [0.3, 0.4) is 0 Å². The van der Waals surface area contributed by atoms with Gasteiger partial charge in [0.15, 0.2) is 5.66 Å². The van der Waals surface area contributed by atoms with Crippen LogP contribution in [0.25, 0.3) is 0 Å². The molecule has 0 aromatic rings. The van der Waals surface area contributed by atoms with E-state index in [4.69, 9.17) is 4.52 Å². The molecule has 110 valence electrons. The van der Waals surface area contributed by atoms with Crippen LogP contribution in [0.5, 0.6) is 0 Å². The molecule has 2 aliphatic carbocycles. The fraction of sp³-hybridized carbons (Fsp3) is 1.00. The van der Waals surface area contributed by atoms with Gasteiger partial charge < -0.3 is 0 Å². The number of hydrogen-bond donors (Lipinski definition) is 0. The topological polar surface area (TPSA) is 26.3 Å². The summed E-state index contributed by atoms with van der Waals surface area (Å²) in [5.74, 6) is 0. The summed E-state index contributed by atoms with van der Waals surface area (Å²) in [5.41, 5.74) is 0.348. The lowest BCUT2D eigenvalue weighted by atomic mass is 9.99. The summed E-state index contributed by atoms with van der Waals surface area (Å²) in [5, 5.41) is 0. The molecule has 0 heterocycles. The molecule has 2 rings (SSSR count). The first-order chi connectivity index (χ1) is 9.36. The fourth-order valence-corrected chi connectivity index (χ4v) is 4.87. The zero-order valence-electron chi connectivity index (χ0n) is 12.3. The second-order valence-electron chi connectivity index (χ2n) is 6.36. The van der Waals surface area contributed by atoms with Gasteiger partial charge in [-0.1, -0.05) is 51.4 Å². The molecule has 19 heavy (non-hydrogen) atoms. The van der Waals surface area contributed by atoms with Gasteiger partial charge in [0.25, 0.3) is 0 Å². The summed E-state index contributed by atoms with van der Waals surface area (Å²) in [6, 6.07) is 0. The maximum absolute atomic E-state index is 12.5. The van der Waals surface area contributed by atoms with Gasteiger partial charge in [0.1, 0.15) is 6.10 Å². The van der Waals surface area contributed by atoms with Crippen molar-refractivity contribution >= 4 is 8.03 Å². The maximum Gasteiger partial charge on any atom is 0.511 e. The predicted octanol–water partition coefficient (Wildman–Crippen LogP) is 5.97. The predicted molar refractivity (Wildman–Crippen MR) is 80.9 cm³/mol. The molecule has 1 atom stereocenters.